The summed E-state index contributed by atoms with van der Waals surface area (Å²) in [5, 5.41) is 9.14. The van der Waals surface area contributed by atoms with Gasteiger partial charge in [0.25, 0.3) is 20.0 Å². The van der Waals surface area contributed by atoms with Crippen molar-refractivity contribution in [2.24, 2.45) is 5.92 Å². The first kappa shape index (κ1) is 57.9. The van der Waals surface area contributed by atoms with Gasteiger partial charge in [0.05, 0.1) is 32.6 Å². The topological polar surface area (TPSA) is 149 Å². The maximum Gasteiger partial charge on any atom is 0.416 e. The Balaban J connectivity index is 1.14. The van der Waals surface area contributed by atoms with Crippen LogP contribution in [-0.4, -0.2) is 94.6 Å². The van der Waals surface area contributed by atoms with Gasteiger partial charge in [-0.2, -0.15) is 26.3 Å². The molecule has 12 nitrogen and oxygen atoms in total. The lowest BCUT2D eigenvalue weighted by molar-refractivity contribution is -0.137. The lowest BCUT2D eigenvalue weighted by Gasteiger charge is -2.43. The summed E-state index contributed by atoms with van der Waals surface area (Å²) in [5.41, 5.74) is -1.41. The molecule has 75 heavy (non-hydrogen) atoms. The normalized spacial score (nSPS) is 21.3. The van der Waals surface area contributed by atoms with Gasteiger partial charge in [-0.3, -0.25) is 14.3 Å². The first-order valence-corrected chi connectivity index (χ1v) is 28.7. The van der Waals surface area contributed by atoms with Crippen LogP contribution in [0.1, 0.15) is 62.5 Å². The number of hydrogen-bond acceptors (Lipinski definition) is 12. The van der Waals surface area contributed by atoms with Crippen LogP contribution >= 0.6 is 45.9 Å². The number of rotatable bonds is 18. The number of aromatic nitrogens is 2. The van der Waals surface area contributed by atoms with Crippen LogP contribution in [0.2, 0.25) is 10.0 Å². The van der Waals surface area contributed by atoms with E-state index in [1.807, 2.05) is 19.0 Å². The fourth-order valence-electron chi connectivity index (χ4n) is 9.69. The maximum absolute atomic E-state index is 15.7. The third kappa shape index (κ3) is 14.0. The number of sulfonamides is 2. The Bertz CT molecular complexity index is 3140. The van der Waals surface area contributed by atoms with Crippen molar-refractivity contribution in [2.45, 2.75) is 97.7 Å². The number of likely N-dealkylation sites (N-methyl/N-ethyl adjacent to an activating group) is 2. The molecule has 7 rings (SSSR count). The second kappa shape index (κ2) is 23.4. The molecule has 0 radical (unpaired) electrons. The number of halogens is 10. The summed E-state index contributed by atoms with van der Waals surface area (Å²) < 4.78 is 176. The summed E-state index contributed by atoms with van der Waals surface area (Å²) in [5.74, 6) is -3.27. The standard InChI is InChI=1S/C49H52Cl2F8N8O4S4/c1-6-28(33(49(57,58)59)18-27(2)29-11-13-42(66(3)4)41(20-29)63-40-25-37(53)45(23-35(40)51)75(70,71)65-47-61-15-17-73-47)26-67(5)43-21-31(30-8-7-9-32(19-30)48(54,55)56)10-12-38(43)62-39-24-36(52)44(22-34(39)50)74(68,69)64-46-60-14-16-72-46/h6-9,14-19,22-25,29,31,38,41-43,62-63H,2,10-13,20-21,26H2,1,3-5H3,(H,60,64)(H,61,65)/b28-6-,33-18+/t29-,31-,38+,41+,42+,43+/m1/s1. The first-order chi connectivity index (χ1) is 35.1. The molecule has 406 valence electrons. The summed E-state index contributed by atoms with van der Waals surface area (Å²) in [6.45, 7) is 5.24. The highest BCUT2D eigenvalue weighted by atomic mass is 35.5. The van der Waals surface area contributed by atoms with Crippen LogP contribution in [0.15, 0.2) is 117 Å². The van der Waals surface area contributed by atoms with Crippen LogP contribution in [0, 0.1) is 17.6 Å². The molecule has 5 aromatic rings. The lowest BCUT2D eigenvalue weighted by Crippen LogP contribution is -2.49. The Labute approximate surface area is 448 Å². The minimum Gasteiger partial charge on any atom is -0.379 e. The van der Waals surface area contributed by atoms with E-state index in [2.05, 4.69) is 36.6 Å². The predicted octanol–water partition coefficient (Wildman–Crippen LogP) is 13.1. The van der Waals surface area contributed by atoms with Gasteiger partial charge in [0.15, 0.2) is 10.3 Å². The highest BCUT2D eigenvalue weighted by Crippen LogP contribution is 2.43. The summed E-state index contributed by atoms with van der Waals surface area (Å²) in [7, 11) is -3.68. The molecule has 2 aliphatic rings. The Hall–Kier alpha value is -4.82. The van der Waals surface area contributed by atoms with E-state index in [0.29, 0.717) is 24.8 Å². The zero-order chi connectivity index (χ0) is 54.8. The van der Waals surface area contributed by atoms with Crippen LogP contribution < -0.4 is 20.1 Å². The summed E-state index contributed by atoms with van der Waals surface area (Å²) in [6, 6.07) is 6.46. The lowest BCUT2D eigenvalue weighted by atomic mass is 9.77. The molecule has 26 heteroatoms. The molecule has 2 saturated carbocycles. The van der Waals surface area contributed by atoms with Crippen LogP contribution in [-0.2, 0) is 26.2 Å². The van der Waals surface area contributed by atoms with Crippen LogP contribution in [0.25, 0.3) is 0 Å². The molecule has 2 heterocycles. The Kier molecular flexibility index (Phi) is 18.1. The van der Waals surface area contributed by atoms with E-state index >= 15 is 22.0 Å². The molecule has 2 aromatic heterocycles. The predicted molar refractivity (Wildman–Crippen MR) is 280 cm³/mol. The van der Waals surface area contributed by atoms with Gasteiger partial charge in [-0.15, -0.1) is 22.7 Å². The van der Waals surface area contributed by atoms with E-state index in [-0.39, 0.29) is 74.7 Å². The van der Waals surface area contributed by atoms with E-state index in [4.69, 9.17) is 23.2 Å². The number of alkyl halides is 6. The van der Waals surface area contributed by atoms with Crippen molar-refractivity contribution in [2.75, 3.05) is 47.8 Å². The minimum absolute atomic E-state index is 0.0124. The van der Waals surface area contributed by atoms with Gasteiger partial charge in [0.2, 0.25) is 0 Å². The van der Waals surface area contributed by atoms with Gasteiger partial charge >= 0.3 is 12.4 Å². The molecular weight excluding hydrogens is 1120 g/mol. The van der Waals surface area contributed by atoms with Gasteiger partial charge < -0.3 is 15.5 Å². The molecule has 0 bridgehead atoms. The summed E-state index contributed by atoms with van der Waals surface area (Å²) >= 11 is 15.1. The van der Waals surface area contributed by atoms with Gasteiger partial charge in [0.1, 0.15) is 21.4 Å². The largest absolute Gasteiger partial charge is 0.416 e. The van der Waals surface area contributed by atoms with Crippen molar-refractivity contribution >= 4 is 87.6 Å². The van der Waals surface area contributed by atoms with Gasteiger partial charge in [-0.05, 0) is 126 Å². The quantitative estimate of drug-likeness (QED) is 0.0493. The molecule has 0 spiro atoms. The first-order valence-electron chi connectivity index (χ1n) is 23.2. The second-order valence-corrected chi connectivity index (χ2v) is 24.4. The van der Waals surface area contributed by atoms with E-state index < -0.39 is 94.9 Å². The van der Waals surface area contributed by atoms with Crippen molar-refractivity contribution in [1.82, 2.24) is 19.8 Å². The molecule has 2 fully saturated rings. The molecule has 6 atom stereocenters. The number of allylic oxidation sites excluding steroid dienone is 3. The fraction of sp³-hybridized carbons (Fsp3) is 0.388. The minimum atomic E-state index is -4.90. The van der Waals surface area contributed by atoms with Gasteiger partial charge in [-0.1, -0.05) is 59.6 Å². The monoisotopic (exact) mass is 1170 g/mol. The van der Waals surface area contributed by atoms with E-state index in [1.165, 1.54) is 42.2 Å². The number of thiazole rings is 2. The fourth-order valence-corrected chi connectivity index (χ4v) is 14.0. The van der Waals surface area contributed by atoms with Crippen molar-refractivity contribution in [3.05, 3.63) is 140 Å². The molecule has 0 amide bonds. The molecule has 3 aromatic carbocycles. The summed E-state index contributed by atoms with van der Waals surface area (Å²) in [4.78, 5) is 9.82. The van der Waals surface area contributed by atoms with E-state index in [1.54, 1.807) is 18.0 Å². The van der Waals surface area contributed by atoms with Gasteiger partial charge in [0, 0.05) is 53.9 Å². The third-order valence-electron chi connectivity index (χ3n) is 13.4. The smallest absolute Gasteiger partial charge is 0.379 e. The van der Waals surface area contributed by atoms with Crippen LogP contribution in [0.5, 0.6) is 0 Å². The number of nitrogens with one attached hydrogen (secondary N) is 4. The maximum atomic E-state index is 15.7. The van der Waals surface area contributed by atoms with Crippen molar-refractivity contribution < 1.29 is 52.0 Å². The molecule has 2 aliphatic carbocycles. The van der Waals surface area contributed by atoms with E-state index in [9.17, 15) is 30.0 Å². The number of hydrogen-bond donors (Lipinski definition) is 4. The third-order valence-corrected chi connectivity index (χ3v) is 18.4. The van der Waals surface area contributed by atoms with Crippen LogP contribution in [0.3, 0.4) is 0 Å². The zero-order valence-corrected chi connectivity index (χ0v) is 45.3. The number of nitrogens with zero attached hydrogens (tertiary/aromatic N) is 4. The SMILES string of the molecule is C=C(/C=C(\C(=C/C)CN(C)[C@H]1C[C@H](c2cccc(C(F)(F)F)c2)CC[C@@H]1Nc1cc(F)c(S(=O)(=O)Nc2nccs2)cc1Cl)C(F)(F)F)[C@@H]1CC[C@H](N(C)C)[C@@H](Nc2cc(F)c(S(=O)(=O)Nc3nccs3)cc2Cl)C1. The van der Waals surface area contributed by atoms with Crippen molar-refractivity contribution in [3.8, 4) is 0 Å². The Morgan fingerprint density at radius 2 is 1.33 bits per heavy atom. The molecule has 4 N–H and O–H groups in total. The zero-order valence-electron chi connectivity index (χ0n) is 40.5. The van der Waals surface area contributed by atoms with Crippen molar-refractivity contribution in [1.29, 1.82) is 0 Å². The highest BCUT2D eigenvalue weighted by Gasteiger charge is 2.41. The molecule has 0 unspecified atom stereocenters. The number of benzene rings is 3. The Morgan fingerprint density at radius 1 is 0.773 bits per heavy atom. The second-order valence-electron chi connectivity index (χ2n) is 18.5. The molecule has 0 aliphatic heterocycles. The highest BCUT2D eigenvalue weighted by molar-refractivity contribution is 7.93. The average molecular weight is 1170 g/mol. The average Bonchev–Trinajstić information content (AvgIpc) is 4.05. The van der Waals surface area contributed by atoms with Gasteiger partial charge in [-0.25, -0.2) is 35.6 Å². The molecule has 0 saturated heterocycles. The van der Waals surface area contributed by atoms with Crippen LogP contribution in [0.4, 0.5) is 56.8 Å². The van der Waals surface area contributed by atoms with E-state index in [0.717, 1.165) is 65.1 Å². The molecular formula is C49H52Cl2F8N8O4S4. The van der Waals surface area contributed by atoms with Crippen molar-refractivity contribution in [3.63, 3.8) is 0 Å². The Morgan fingerprint density at radius 3 is 1.83 bits per heavy atom. The number of anilines is 4. The summed E-state index contributed by atoms with van der Waals surface area (Å²) in [6.07, 6.45) is -2.65.